The minimum absolute atomic E-state index is 0.00692. The number of benzene rings is 2. The van der Waals surface area contributed by atoms with Crippen LogP contribution in [0.5, 0.6) is 17.2 Å². The number of carbonyl (C=O) groups excluding carboxylic acids is 1. The summed E-state index contributed by atoms with van der Waals surface area (Å²) in [5.74, 6) is 0.857. The molecule has 0 saturated carbocycles. The quantitative estimate of drug-likeness (QED) is 0.537. The molecular formula is C24H25N3O5S. The number of methoxy groups -OCH3 is 3. The largest absolute Gasteiger partial charge is 0.493 e. The van der Waals surface area contributed by atoms with Gasteiger partial charge >= 0.3 is 0 Å². The molecule has 1 aliphatic heterocycles. The number of aromatic nitrogens is 1. The Morgan fingerprint density at radius 1 is 1.12 bits per heavy atom. The van der Waals surface area contributed by atoms with Gasteiger partial charge in [0.25, 0.3) is 5.91 Å². The monoisotopic (exact) mass is 467 g/mol. The Morgan fingerprint density at radius 3 is 2.45 bits per heavy atom. The van der Waals surface area contributed by atoms with Gasteiger partial charge in [-0.2, -0.15) is 0 Å². The maximum absolute atomic E-state index is 13.1. The van der Waals surface area contributed by atoms with Crippen LogP contribution in [-0.2, 0) is 6.61 Å². The molecule has 33 heavy (non-hydrogen) atoms. The van der Waals surface area contributed by atoms with Crippen molar-refractivity contribution in [1.82, 2.24) is 4.98 Å². The van der Waals surface area contributed by atoms with Gasteiger partial charge in [0.15, 0.2) is 11.5 Å². The topological polar surface area (TPSA) is 93.2 Å². The molecule has 1 amide bonds. The van der Waals surface area contributed by atoms with Gasteiger partial charge in [0.1, 0.15) is 5.37 Å². The normalized spacial score (nSPS) is 14.6. The number of nitrogens with zero attached hydrogens (tertiary/aromatic N) is 2. The number of thioether (sulfide) groups is 1. The number of anilines is 2. The molecule has 0 saturated heterocycles. The summed E-state index contributed by atoms with van der Waals surface area (Å²) < 4.78 is 16.0. The Morgan fingerprint density at radius 2 is 1.85 bits per heavy atom. The maximum atomic E-state index is 13.1. The van der Waals surface area contributed by atoms with Crippen LogP contribution in [0.1, 0.15) is 26.9 Å². The molecule has 9 heteroatoms. The Labute approximate surface area is 196 Å². The summed E-state index contributed by atoms with van der Waals surface area (Å²) in [6, 6.07) is 10.8. The van der Waals surface area contributed by atoms with Crippen LogP contribution >= 0.6 is 11.8 Å². The average molecular weight is 468 g/mol. The fourth-order valence-corrected chi connectivity index (χ4v) is 5.05. The lowest BCUT2D eigenvalue weighted by Gasteiger charge is -2.23. The zero-order valence-electron chi connectivity index (χ0n) is 18.8. The zero-order chi connectivity index (χ0) is 23.5. The van der Waals surface area contributed by atoms with E-state index in [9.17, 15) is 9.90 Å². The van der Waals surface area contributed by atoms with Crippen LogP contribution in [-0.4, -0.2) is 44.4 Å². The van der Waals surface area contributed by atoms with E-state index in [2.05, 4.69) is 15.2 Å². The molecule has 3 aromatic rings. The lowest BCUT2D eigenvalue weighted by Crippen LogP contribution is -2.18. The van der Waals surface area contributed by atoms with Gasteiger partial charge in [-0.15, -0.1) is 0 Å². The molecule has 0 aliphatic carbocycles. The Balaban J connectivity index is 1.64. The number of hydrogen-bond donors (Lipinski definition) is 2. The van der Waals surface area contributed by atoms with E-state index in [-0.39, 0.29) is 17.9 Å². The average Bonchev–Trinajstić information content (AvgIpc) is 3.19. The Bertz CT molecular complexity index is 1160. The summed E-state index contributed by atoms with van der Waals surface area (Å²) >= 11 is 1.68. The van der Waals surface area contributed by atoms with Crippen LogP contribution in [0, 0.1) is 0 Å². The molecule has 0 radical (unpaired) electrons. The number of carbonyl (C=O) groups is 1. The predicted octanol–water partition coefficient (Wildman–Crippen LogP) is 4.09. The Kier molecular flexibility index (Phi) is 6.62. The second-order valence-electron chi connectivity index (χ2n) is 7.41. The predicted molar refractivity (Wildman–Crippen MR) is 128 cm³/mol. The molecule has 8 nitrogen and oxygen atoms in total. The standard InChI is InChI=1S/C24H25N3O5S/c1-27-18-5-6-25-12-21(18)33-24(27)16-7-14(13-28)8-17(9-16)26-23(29)15-10-19(30-2)22(32-4)20(11-15)31-3/h5-12,24,28H,13H2,1-4H3,(H,26,29). The number of fused-ring (bicyclic) bond motifs is 1. The van der Waals surface area contributed by atoms with Crippen LogP contribution in [0.15, 0.2) is 53.7 Å². The summed E-state index contributed by atoms with van der Waals surface area (Å²) in [5.41, 5.74) is 3.70. The van der Waals surface area contributed by atoms with Crippen molar-refractivity contribution >= 4 is 29.0 Å². The van der Waals surface area contributed by atoms with Crippen molar-refractivity contribution in [3.63, 3.8) is 0 Å². The molecule has 0 bridgehead atoms. The molecule has 2 aromatic carbocycles. The van der Waals surface area contributed by atoms with Gasteiger partial charge in [0.05, 0.1) is 38.5 Å². The molecule has 1 aromatic heterocycles. The second-order valence-corrected chi connectivity index (χ2v) is 8.54. The minimum Gasteiger partial charge on any atom is -0.493 e. The van der Waals surface area contributed by atoms with E-state index < -0.39 is 0 Å². The van der Waals surface area contributed by atoms with Gasteiger partial charge in [-0.3, -0.25) is 9.78 Å². The fraction of sp³-hybridized carbons (Fsp3) is 0.250. The smallest absolute Gasteiger partial charge is 0.255 e. The van der Waals surface area contributed by atoms with E-state index >= 15 is 0 Å². The number of amides is 1. The van der Waals surface area contributed by atoms with Gasteiger partial charge in [0, 0.05) is 30.7 Å². The van der Waals surface area contributed by atoms with Crippen molar-refractivity contribution in [1.29, 1.82) is 0 Å². The van der Waals surface area contributed by atoms with Crippen molar-refractivity contribution in [3.8, 4) is 17.2 Å². The molecule has 1 aliphatic rings. The first-order chi connectivity index (χ1) is 16.0. The number of nitrogens with one attached hydrogen (secondary N) is 1. The molecule has 0 spiro atoms. The summed E-state index contributed by atoms with van der Waals surface area (Å²) in [4.78, 5) is 20.5. The molecule has 172 valence electrons. The molecule has 1 atom stereocenters. The molecular weight excluding hydrogens is 442 g/mol. The molecule has 1 unspecified atom stereocenters. The minimum atomic E-state index is -0.338. The van der Waals surface area contributed by atoms with Gasteiger partial charge in [-0.1, -0.05) is 17.8 Å². The lowest BCUT2D eigenvalue weighted by molar-refractivity contribution is 0.102. The SMILES string of the molecule is COc1cc(C(=O)Nc2cc(CO)cc(C3Sc4cnccc4N3C)c2)cc(OC)c1OC. The lowest BCUT2D eigenvalue weighted by atomic mass is 10.1. The second kappa shape index (κ2) is 9.60. The van der Waals surface area contributed by atoms with Crippen molar-refractivity contribution in [2.75, 3.05) is 38.6 Å². The van der Waals surface area contributed by atoms with E-state index in [1.165, 1.54) is 21.3 Å². The third-order valence-corrected chi connectivity index (χ3v) is 6.78. The van der Waals surface area contributed by atoms with E-state index in [1.54, 1.807) is 36.2 Å². The van der Waals surface area contributed by atoms with Crippen molar-refractivity contribution in [3.05, 3.63) is 65.5 Å². The number of rotatable bonds is 7. The molecule has 2 heterocycles. The third-order valence-electron chi connectivity index (χ3n) is 5.40. The van der Waals surface area contributed by atoms with E-state index in [0.717, 1.165) is 16.1 Å². The van der Waals surface area contributed by atoms with Gasteiger partial charge < -0.3 is 29.5 Å². The highest BCUT2D eigenvalue weighted by molar-refractivity contribution is 8.00. The van der Waals surface area contributed by atoms with Gasteiger partial charge in [-0.05, 0) is 41.5 Å². The molecule has 4 rings (SSSR count). The third kappa shape index (κ3) is 4.42. The van der Waals surface area contributed by atoms with Gasteiger partial charge in [-0.25, -0.2) is 0 Å². The van der Waals surface area contributed by atoms with Crippen molar-refractivity contribution in [2.45, 2.75) is 16.9 Å². The summed E-state index contributed by atoms with van der Waals surface area (Å²) in [7, 11) is 6.52. The first-order valence-electron chi connectivity index (χ1n) is 10.2. The van der Waals surface area contributed by atoms with Crippen LogP contribution < -0.4 is 24.4 Å². The summed E-state index contributed by atoms with van der Waals surface area (Å²) in [5, 5.41) is 12.7. The zero-order valence-corrected chi connectivity index (χ0v) is 19.6. The van der Waals surface area contributed by atoms with Gasteiger partial charge in [0.2, 0.25) is 5.75 Å². The number of aliphatic hydroxyl groups excluding tert-OH is 1. The summed E-state index contributed by atoms with van der Waals surface area (Å²) in [6.45, 7) is -0.142. The first-order valence-corrected chi connectivity index (χ1v) is 11.1. The molecule has 0 fully saturated rings. The van der Waals surface area contributed by atoms with Crippen molar-refractivity contribution < 1.29 is 24.1 Å². The molecule has 2 N–H and O–H groups in total. The van der Waals surface area contributed by atoms with Crippen LogP contribution in [0.25, 0.3) is 0 Å². The maximum Gasteiger partial charge on any atom is 0.255 e. The number of ether oxygens (including phenoxy) is 3. The van der Waals surface area contributed by atoms with Crippen LogP contribution in [0.3, 0.4) is 0 Å². The Hall–Kier alpha value is -3.43. The van der Waals surface area contributed by atoms with Crippen LogP contribution in [0.2, 0.25) is 0 Å². The first kappa shape index (κ1) is 22.8. The van der Waals surface area contributed by atoms with E-state index in [0.29, 0.717) is 34.1 Å². The summed E-state index contributed by atoms with van der Waals surface area (Å²) in [6.07, 6.45) is 3.62. The van der Waals surface area contributed by atoms with E-state index in [4.69, 9.17) is 14.2 Å². The fourth-order valence-electron chi connectivity index (χ4n) is 3.81. The number of hydrogen-bond acceptors (Lipinski definition) is 8. The number of aliphatic hydroxyl groups is 1. The number of pyridine rings is 1. The highest BCUT2D eigenvalue weighted by Gasteiger charge is 2.29. The highest BCUT2D eigenvalue weighted by Crippen LogP contribution is 2.50. The highest BCUT2D eigenvalue weighted by atomic mass is 32.2. The van der Waals surface area contributed by atoms with Crippen LogP contribution in [0.4, 0.5) is 11.4 Å². The van der Waals surface area contributed by atoms with Crippen molar-refractivity contribution in [2.24, 2.45) is 0 Å². The van der Waals surface area contributed by atoms with E-state index in [1.807, 2.05) is 31.4 Å².